The van der Waals surface area contributed by atoms with Crippen LogP contribution in [0.4, 0.5) is 0 Å². The molecule has 2 nitrogen and oxygen atoms in total. The van der Waals surface area contributed by atoms with Crippen molar-refractivity contribution < 1.29 is 0 Å². The molecule has 0 N–H and O–H groups in total. The predicted octanol–water partition coefficient (Wildman–Crippen LogP) is 14.8. The van der Waals surface area contributed by atoms with Gasteiger partial charge in [-0.05, 0) is 103 Å². The summed E-state index contributed by atoms with van der Waals surface area (Å²) in [5.74, 6) is 0. The van der Waals surface area contributed by atoms with Gasteiger partial charge >= 0.3 is 0 Å². The van der Waals surface area contributed by atoms with Gasteiger partial charge in [0.05, 0.1) is 22.4 Å². The zero-order chi connectivity index (χ0) is 37.7. The first kappa shape index (κ1) is 32.8. The first-order valence-corrected chi connectivity index (χ1v) is 19.5. The van der Waals surface area contributed by atoms with Crippen LogP contribution in [-0.2, 0) is 0 Å². The molecule has 57 heavy (non-hydrogen) atoms. The summed E-state index contributed by atoms with van der Waals surface area (Å²) < 4.78 is 2.44. The highest BCUT2D eigenvalue weighted by molar-refractivity contribution is 6.13. The summed E-state index contributed by atoms with van der Waals surface area (Å²) >= 11 is 0. The van der Waals surface area contributed by atoms with Gasteiger partial charge in [-0.25, -0.2) is 4.98 Å². The van der Waals surface area contributed by atoms with E-state index in [1.165, 1.54) is 65.6 Å². The lowest BCUT2D eigenvalue weighted by Crippen LogP contribution is -1.95. The highest BCUT2D eigenvalue weighted by Gasteiger charge is 2.17. The van der Waals surface area contributed by atoms with E-state index >= 15 is 0 Å². The first-order chi connectivity index (χ1) is 28.2. The molecule has 2 aromatic heterocycles. The van der Waals surface area contributed by atoms with E-state index < -0.39 is 0 Å². The fraction of sp³-hybridized carbons (Fsp3) is 0. The fourth-order valence-electron chi connectivity index (χ4n) is 8.63. The van der Waals surface area contributed by atoms with Gasteiger partial charge in [0, 0.05) is 27.6 Å². The van der Waals surface area contributed by atoms with E-state index in [2.05, 4.69) is 223 Å². The average molecular weight is 725 g/mol. The van der Waals surface area contributed by atoms with Crippen molar-refractivity contribution in [2.75, 3.05) is 0 Å². The number of hydrogen-bond acceptors (Lipinski definition) is 1. The second-order valence-electron chi connectivity index (χ2n) is 14.8. The number of rotatable bonds is 6. The van der Waals surface area contributed by atoms with Crippen molar-refractivity contribution in [3.05, 3.63) is 218 Å². The van der Waals surface area contributed by atoms with Gasteiger partial charge in [-0.15, -0.1) is 0 Å². The summed E-state index contributed by atoms with van der Waals surface area (Å²) in [5, 5.41) is 7.46. The van der Waals surface area contributed by atoms with Crippen LogP contribution >= 0.6 is 0 Å². The third kappa shape index (κ3) is 5.78. The topological polar surface area (TPSA) is 17.8 Å². The number of aromatic nitrogens is 2. The number of fused-ring (bicyclic) bond motifs is 5. The third-order valence-electron chi connectivity index (χ3n) is 11.4. The molecule has 2 heteroatoms. The summed E-state index contributed by atoms with van der Waals surface area (Å²) in [6.07, 6.45) is 0. The van der Waals surface area contributed by atoms with Gasteiger partial charge in [0.25, 0.3) is 0 Å². The zero-order valence-electron chi connectivity index (χ0n) is 31.2. The Bertz CT molecular complexity index is 3080. The largest absolute Gasteiger partial charge is 0.309 e. The summed E-state index contributed by atoms with van der Waals surface area (Å²) in [7, 11) is 0. The normalized spacial score (nSPS) is 11.5. The molecule has 0 aliphatic carbocycles. The van der Waals surface area contributed by atoms with Gasteiger partial charge in [0.15, 0.2) is 0 Å². The molecule has 0 saturated heterocycles. The summed E-state index contributed by atoms with van der Waals surface area (Å²) in [4.78, 5) is 5.15. The van der Waals surface area contributed by atoms with Crippen LogP contribution < -0.4 is 0 Å². The van der Waals surface area contributed by atoms with Crippen molar-refractivity contribution >= 4 is 43.4 Å². The average Bonchev–Trinajstić information content (AvgIpc) is 3.62. The molecule has 0 spiro atoms. The van der Waals surface area contributed by atoms with Crippen molar-refractivity contribution in [2.45, 2.75) is 0 Å². The van der Waals surface area contributed by atoms with Gasteiger partial charge in [-0.1, -0.05) is 170 Å². The van der Waals surface area contributed by atoms with Gasteiger partial charge in [0.2, 0.25) is 0 Å². The van der Waals surface area contributed by atoms with Crippen molar-refractivity contribution in [1.82, 2.24) is 9.55 Å². The second kappa shape index (κ2) is 13.6. The quantitative estimate of drug-likeness (QED) is 0.167. The maximum atomic E-state index is 5.15. The van der Waals surface area contributed by atoms with Crippen LogP contribution in [0.1, 0.15) is 0 Å². The molecule has 266 valence electrons. The number of benzene rings is 9. The van der Waals surface area contributed by atoms with Crippen LogP contribution in [0.15, 0.2) is 218 Å². The predicted molar refractivity (Wildman–Crippen MR) is 241 cm³/mol. The van der Waals surface area contributed by atoms with E-state index in [-0.39, 0.29) is 0 Å². The summed E-state index contributed by atoms with van der Waals surface area (Å²) in [5.41, 5.74) is 14.7. The minimum absolute atomic E-state index is 0.955. The molecule has 0 aliphatic rings. The fourth-order valence-corrected chi connectivity index (χ4v) is 8.63. The first-order valence-electron chi connectivity index (χ1n) is 19.5. The number of nitrogens with zero attached hydrogens (tertiary/aromatic N) is 2. The molecule has 9 aromatic carbocycles. The minimum Gasteiger partial charge on any atom is -0.309 e. The van der Waals surface area contributed by atoms with E-state index in [9.17, 15) is 0 Å². The van der Waals surface area contributed by atoms with Gasteiger partial charge in [0.1, 0.15) is 0 Å². The maximum Gasteiger partial charge on any atom is 0.0715 e. The van der Waals surface area contributed by atoms with Crippen LogP contribution in [-0.4, -0.2) is 9.55 Å². The Labute approximate surface area is 331 Å². The van der Waals surface area contributed by atoms with Gasteiger partial charge in [-0.2, -0.15) is 0 Å². The van der Waals surface area contributed by atoms with Gasteiger partial charge < -0.3 is 4.57 Å². The molecule has 0 radical (unpaired) electrons. The molecular formula is C55H36N2. The third-order valence-corrected chi connectivity index (χ3v) is 11.4. The lowest BCUT2D eigenvalue weighted by molar-refractivity contribution is 1.18. The van der Waals surface area contributed by atoms with Crippen LogP contribution in [0.3, 0.4) is 0 Å². The molecular weight excluding hydrogens is 689 g/mol. The Morgan fingerprint density at radius 1 is 0.281 bits per heavy atom. The Balaban J connectivity index is 1.13. The SMILES string of the molecule is c1ccc(-c2cc(-c3cccc(-n4c5ccc(-c6cccc7ccccc67)cc5c5cc(-c6cccc7ccccc67)ccc54)c3)cc(-c3ccccc3)n2)cc1. The van der Waals surface area contributed by atoms with Crippen molar-refractivity contribution in [3.8, 4) is 61.6 Å². The molecule has 0 bridgehead atoms. The monoisotopic (exact) mass is 724 g/mol. The van der Waals surface area contributed by atoms with Crippen LogP contribution in [0.25, 0.3) is 105 Å². The molecule has 11 rings (SSSR count). The Morgan fingerprint density at radius 3 is 1.28 bits per heavy atom. The van der Waals surface area contributed by atoms with E-state index in [1.54, 1.807) is 0 Å². The van der Waals surface area contributed by atoms with Crippen LogP contribution in [0.5, 0.6) is 0 Å². The molecule has 2 heterocycles. The molecule has 0 saturated carbocycles. The molecule has 0 unspecified atom stereocenters. The lowest BCUT2D eigenvalue weighted by Gasteiger charge is -2.13. The molecule has 0 fully saturated rings. The number of pyridine rings is 1. The highest BCUT2D eigenvalue weighted by Crippen LogP contribution is 2.40. The zero-order valence-corrected chi connectivity index (χ0v) is 31.2. The lowest BCUT2D eigenvalue weighted by atomic mass is 9.95. The summed E-state index contributed by atoms with van der Waals surface area (Å²) in [6.45, 7) is 0. The summed E-state index contributed by atoms with van der Waals surface area (Å²) in [6, 6.07) is 78.9. The number of hydrogen-bond donors (Lipinski definition) is 0. The molecule has 0 amide bonds. The highest BCUT2D eigenvalue weighted by atomic mass is 15.0. The Morgan fingerprint density at radius 2 is 0.737 bits per heavy atom. The molecule has 0 aliphatic heterocycles. The Hall–Kier alpha value is -7.55. The van der Waals surface area contributed by atoms with Crippen LogP contribution in [0.2, 0.25) is 0 Å². The minimum atomic E-state index is 0.955. The Kier molecular flexibility index (Phi) is 7.86. The molecule has 11 aromatic rings. The van der Waals surface area contributed by atoms with E-state index in [0.29, 0.717) is 0 Å². The standard InChI is InChI=1S/C55H36N2/c1-3-16-39(17-4-1)52-35-44(36-53(56-52)40-18-5-2-6-19-40)41-22-11-23-45(32-41)57-54-30-28-42(48-26-12-20-37-14-7-9-24-46(37)48)33-50(54)51-34-43(29-31-55(51)57)49-27-13-21-38-15-8-10-25-47(38)49/h1-36H. The molecule has 0 atom stereocenters. The van der Waals surface area contributed by atoms with E-state index in [0.717, 1.165) is 39.3 Å². The van der Waals surface area contributed by atoms with Crippen LogP contribution in [0, 0.1) is 0 Å². The second-order valence-corrected chi connectivity index (χ2v) is 14.8. The van der Waals surface area contributed by atoms with Crippen molar-refractivity contribution in [3.63, 3.8) is 0 Å². The maximum absolute atomic E-state index is 5.15. The van der Waals surface area contributed by atoms with Crippen molar-refractivity contribution in [1.29, 1.82) is 0 Å². The smallest absolute Gasteiger partial charge is 0.0715 e. The van der Waals surface area contributed by atoms with E-state index in [4.69, 9.17) is 4.98 Å². The van der Waals surface area contributed by atoms with Gasteiger partial charge in [-0.3, -0.25) is 0 Å². The van der Waals surface area contributed by atoms with Crippen molar-refractivity contribution in [2.24, 2.45) is 0 Å². The van der Waals surface area contributed by atoms with E-state index in [1.807, 2.05) is 0 Å².